The molecule has 3 rings (SSSR count). The average molecular weight is 291 g/mol. The van der Waals surface area contributed by atoms with Gasteiger partial charge in [-0.05, 0) is 31.0 Å². The Morgan fingerprint density at radius 2 is 2.20 bits per heavy atom. The molecule has 0 saturated carbocycles. The Bertz CT molecular complexity index is 725. The number of fused-ring (bicyclic) bond motifs is 1. The predicted octanol–water partition coefficient (Wildman–Crippen LogP) is 1.20. The number of aromatic nitrogens is 1. The van der Waals surface area contributed by atoms with E-state index in [2.05, 4.69) is 4.98 Å². The van der Waals surface area contributed by atoms with Gasteiger partial charge in [0.25, 0.3) is 0 Å². The highest BCUT2D eigenvalue weighted by Crippen LogP contribution is 2.28. The monoisotopic (exact) mass is 291 g/mol. The minimum absolute atomic E-state index is 0.265. The number of rotatable bonds is 3. The average Bonchev–Trinajstić information content (AvgIpc) is 2.96. The van der Waals surface area contributed by atoms with Crippen LogP contribution >= 0.6 is 0 Å². The second-order valence-electron chi connectivity index (χ2n) is 5.11. The van der Waals surface area contributed by atoms with Crippen molar-refractivity contribution in [3.05, 3.63) is 36.7 Å². The van der Waals surface area contributed by atoms with Crippen molar-refractivity contribution in [1.82, 2.24) is 9.29 Å². The van der Waals surface area contributed by atoms with Gasteiger partial charge in [-0.3, -0.25) is 4.98 Å². The molecule has 0 amide bonds. The van der Waals surface area contributed by atoms with E-state index in [9.17, 15) is 8.42 Å². The zero-order valence-electron chi connectivity index (χ0n) is 11.1. The third kappa shape index (κ3) is 2.19. The van der Waals surface area contributed by atoms with Gasteiger partial charge < -0.3 is 5.73 Å². The van der Waals surface area contributed by atoms with Crippen LogP contribution < -0.4 is 5.73 Å². The minimum atomic E-state index is -3.46. The van der Waals surface area contributed by atoms with E-state index in [0.717, 1.165) is 17.2 Å². The third-order valence-electron chi connectivity index (χ3n) is 3.84. The second kappa shape index (κ2) is 5.12. The summed E-state index contributed by atoms with van der Waals surface area (Å²) in [5.41, 5.74) is 5.64. The first-order valence-corrected chi connectivity index (χ1v) is 8.10. The Morgan fingerprint density at radius 1 is 1.35 bits per heavy atom. The highest BCUT2D eigenvalue weighted by molar-refractivity contribution is 7.89. The molecule has 0 bridgehead atoms. The maximum atomic E-state index is 12.8. The van der Waals surface area contributed by atoms with Crippen LogP contribution in [0.25, 0.3) is 10.8 Å². The van der Waals surface area contributed by atoms with Crippen LogP contribution in [0.2, 0.25) is 0 Å². The number of sulfonamides is 1. The van der Waals surface area contributed by atoms with E-state index in [4.69, 9.17) is 5.73 Å². The Hall–Kier alpha value is -1.50. The van der Waals surface area contributed by atoms with E-state index < -0.39 is 10.0 Å². The van der Waals surface area contributed by atoms with Gasteiger partial charge in [-0.2, -0.15) is 4.31 Å². The van der Waals surface area contributed by atoms with Crippen molar-refractivity contribution in [1.29, 1.82) is 0 Å². The number of nitrogens with two attached hydrogens (primary N) is 1. The molecule has 5 nitrogen and oxygen atoms in total. The normalized spacial score (nSPS) is 20.6. The van der Waals surface area contributed by atoms with E-state index >= 15 is 0 Å². The molecule has 2 N–H and O–H groups in total. The lowest BCUT2D eigenvalue weighted by Crippen LogP contribution is -2.30. The topological polar surface area (TPSA) is 76.3 Å². The van der Waals surface area contributed by atoms with Gasteiger partial charge in [0.1, 0.15) is 0 Å². The van der Waals surface area contributed by atoms with Crippen molar-refractivity contribution in [2.75, 3.05) is 19.6 Å². The van der Waals surface area contributed by atoms with Crippen molar-refractivity contribution < 1.29 is 8.42 Å². The van der Waals surface area contributed by atoms with Gasteiger partial charge in [0.15, 0.2) is 0 Å². The van der Waals surface area contributed by atoms with Crippen LogP contribution in [-0.4, -0.2) is 37.3 Å². The Morgan fingerprint density at radius 3 is 2.95 bits per heavy atom. The van der Waals surface area contributed by atoms with E-state index in [0.29, 0.717) is 24.5 Å². The Kier molecular flexibility index (Phi) is 3.45. The van der Waals surface area contributed by atoms with Crippen LogP contribution in [0.3, 0.4) is 0 Å². The molecule has 1 saturated heterocycles. The highest BCUT2D eigenvalue weighted by Gasteiger charge is 2.32. The first-order valence-electron chi connectivity index (χ1n) is 6.66. The van der Waals surface area contributed by atoms with Gasteiger partial charge in [-0.1, -0.05) is 12.1 Å². The van der Waals surface area contributed by atoms with Gasteiger partial charge in [0, 0.05) is 36.3 Å². The first kappa shape index (κ1) is 13.5. The summed E-state index contributed by atoms with van der Waals surface area (Å²) in [6.45, 7) is 1.59. The van der Waals surface area contributed by atoms with E-state index in [1.807, 2.05) is 6.07 Å². The molecule has 1 aromatic heterocycles. The summed E-state index contributed by atoms with van der Waals surface area (Å²) in [5, 5.41) is 1.56. The summed E-state index contributed by atoms with van der Waals surface area (Å²) in [6.07, 6.45) is 4.14. The van der Waals surface area contributed by atoms with E-state index in [1.165, 1.54) is 0 Å². The zero-order chi connectivity index (χ0) is 14.2. The molecular weight excluding hydrogens is 274 g/mol. The van der Waals surface area contributed by atoms with Gasteiger partial charge in [-0.25, -0.2) is 8.42 Å². The van der Waals surface area contributed by atoms with E-state index in [1.54, 1.807) is 34.9 Å². The Balaban J connectivity index is 2.06. The number of nitrogens with zero attached hydrogens (tertiary/aromatic N) is 2. The predicted molar refractivity (Wildman–Crippen MR) is 77.7 cm³/mol. The quantitative estimate of drug-likeness (QED) is 0.922. The van der Waals surface area contributed by atoms with E-state index in [-0.39, 0.29) is 5.92 Å². The van der Waals surface area contributed by atoms with Crippen LogP contribution in [0.4, 0.5) is 0 Å². The minimum Gasteiger partial charge on any atom is -0.330 e. The SMILES string of the molecule is NC[C@@H]1CCN(S(=O)(=O)c2cccc3cnccc23)C1. The largest absolute Gasteiger partial charge is 0.330 e. The summed E-state index contributed by atoms with van der Waals surface area (Å²) in [6, 6.07) is 7.04. The van der Waals surface area contributed by atoms with Crippen LogP contribution in [0.15, 0.2) is 41.6 Å². The molecule has 2 heterocycles. The molecule has 1 fully saturated rings. The van der Waals surface area contributed by atoms with Crippen LogP contribution in [0.5, 0.6) is 0 Å². The fraction of sp³-hybridized carbons (Fsp3) is 0.357. The standard InChI is InChI=1S/C14H17N3O2S/c15-8-11-5-7-17(10-11)20(18,19)14-3-1-2-12-9-16-6-4-13(12)14/h1-4,6,9,11H,5,7-8,10,15H2/t11-/m0/s1. The number of pyridine rings is 1. The van der Waals surface area contributed by atoms with Crippen molar-refractivity contribution >= 4 is 20.8 Å². The lowest BCUT2D eigenvalue weighted by molar-refractivity contribution is 0.460. The van der Waals surface area contributed by atoms with Crippen molar-refractivity contribution in [3.8, 4) is 0 Å². The molecular formula is C14H17N3O2S. The third-order valence-corrected chi connectivity index (χ3v) is 5.76. The molecule has 0 spiro atoms. The number of benzene rings is 1. The summed E-state index contributed by atoms with van der Waals surface area (Å²) >= 11 is 0. The molecule has 0 unspecified atom stereocenters. The molecule has 20 heavy (non-hydrogen) atoms. The number of hydrogen-bond donors (Lipinski definition) is 1. The summed E-state index contributed by atoms with van der Waals surface area (Å²) < 4.78 is 27.1. The van der Waals surface area contributed by atoms with Gasteiger partial charge in [0.05, 0.1) is 4.90 Å². The van der Waals surface area contributed by atoms with Crippen molar-refractivity contribution in [2.24, 2.45) is 11.7 Å². The van der Waals surface area contributed by atoms with Crippen LogP contribution in [-0.2, 0) is 10.0 Å². The van der Waals surface area contributed by atoms with Gasteiger partial charge >= 0.3 is 0 Å². The van der Waals surface area contributed by atoms with Gasteiger partial charge in [0.2, 0.25) is 10.0 Å². The molecule has 1 atom stereocenters. The summed E-state index contributed by atoms with van der Waals surface area (Å²) in [5.74, 6) is 0.265. The maximum Gasteiger partial charge on any atom is 0.243 e. The van der Waals surface area contributed by atoms with Crippen LogP contribution in [0.1, 0.15) is 6.42 Å². The molecule has 0 radical (unpaired) electrons. The summed E-state index contributed by atoms with van der Waals surface area (Å²) in [4.78, 5) is 4.39. The second-order valence-corrected chi connectivity index (χ2v) is 7.01. The molecule has 6 heteroatoms. The highest BCUT2D eigenvalue weighted by atomic mass is 32.2. The van der Waals surface area contributed by atoms with Crippen LogP contribution in [0, 0.1) is 5.92 Å². The zero-order valence-corrected chi connectivity index (χ0v) is 11.9. The lowest BCUT2D eigenvalue weighted by Gasteiger charge is -2.17. The lowest BCUT2D eigenvalue weighted by atomic mass is 10.1. The van der Waals surface area contributed by atoms with Crippen molar-refractivity contribution in [3.63, 3.8) is 0 Å². The van der Waals surface area contributed by atoms with Crippen molar-refractivity contribution in [2.45, 2.75) is 11.3 Å². The van der Waals surface area contributed by atoms with Gasteiger partial charge in [-0.15, -0.1) is 0 Å². The first-order chi connectivity index (χ1) is 9.63. The number of hydrogen-bond acceptors (Lipinski definition) is 4. The molecule has 0 aliphatic carbocycles. The molecule has 1 aliphatic heterocycles. The molecule has 106 valence electrons. The molecule has 2 aromatic rings. The Labute approximate surface area is 118 Å². The fourth-order valence-electron chi connectivity index (χ4n) is 2.66. The molecule has 1 aromatic carbocycles. The smallest absolute Gasteiger partial charge is 0.243 e. The maximum absolute atomic E-state index is 12.8. The fourth-order valence-corrected chi connectivity index (χ4v) is 4.41. The summed E-state index contributed by atoms with van der Waals surface area (Å²) in [7, 11) is -3.46. The molecule has 1 aliphatic rings.